The van der Waals surface area contributed by atoms with Crippen molar-refractivity contribution in [3.05, 3.63) is 39.5 Å². The maximum atomic E-state index is 10.8. The number of carbonyl (C=O) groups is 1. The Morgan fingerprint density at radius 3 is 2.71 bits per heavy atom. The molecule has 4 nitrogen and oxygen atoms in total. The highest BCUT2D eigenvalue weighted by Crippen LogP contribution is 2.32. The lowest BCUT2D eigenvalue weighted by Gasteiger charge is -2.07. The molecular formula is C12H10BrNO3. The Morgan fingerprint density at radius 2 is 2.12 bits per heavy atom. The van der Waals surface area contributed by atoms with E-state index in [4.69, 9.17) is 9.63 Å². The quantitative estimate of drug-likeness (QED) is 0.922. The number of benzene rings is 1. The largest absolute Gasteiger partial charge is 0.476 e. The summed E-state index contributed by atoms with van der Waals surface area (Å²) in [7, 11) is 0. The molecule has 1 heterocycles. The van der Waals surface area contributed by atoms with E-state index in [0.717, 1.165) is 21.2 Å². The van der Waals surface area contributed by atoms with Crippen molar-refractivity contribution in [1.29, 1.82) is 0 Å². The van der Waals surface area contributed by atoms with Crippen LogP contribution in [0.3, 0.4) is 0 Å². The number of rotatable bonds is 2. The van der Waals surface area contributed by atoms with Gasteiger partial charge >= 0.3 is 5.97 Å². The molecular weight excluding hydrogens is 286 g/mol. The fourth-order valence-electron chi connectivity index (χ4n) is 1.69. The second kappa shape index (κ2) is 4.33. The first-order valence-electron chi connectivity index (χ1n) is 4.97. The number of carboxylic acids is 1. The van der Waals surface area contributed by atoms with Crippen LogP contribution in [0.2, 0.25) is 0 Å². The third-order valence-corrected chi connectivity index (χ3v) is 3.44. The summed E-state index contributed by atoms with van der Waals surface area (Å²) in [6, 6.07) is 5.32. The summed E-state index contributed by atoms with van der Waals surface area (Å²) in [4.78, 5) is 10.8. The SMILES string of the molecule is Cc1ccc(Br)c(C)c1-c1cc(C(=O)O)no1. The van der Waals surface area contributed by atoms with Gasteiger partial charge in [0, 0.05) is 16.1 Å². The molecule has 0 bridgehead atoms. The zero-order valence-corrected chi connectivity index (χ0v) is 10.9. The van der Waals surface area contributed by atoms with E-state index >= 15 is 0 Å². The lowest BCUT2D eigenvalue weighted by Crippen LogP contribution is -1.94. The number of hydrogen-bond acceptors (Lipinski definition) is 3. The molecule has 1 N–H and O–H groups in total. The van der Waals surface area contributed by atoms with Crippen molar-refractivity contribution in [1.82, 2.24) is 5.16 Å². The third kappa shape index (κ3) is 2.10. The maximum Gasteiger partial charge on any atom is 0.358 e. The molecule has 0 aliphatic heterocycles. The van der Waals surface area contributed by atoms with Crippen molar-refractivity contribution in [2.24, 2.45) is 0 Å². The summed E-state index contributed by atoms with van der Waals surface area (Å²) in [5, 5.41) is 12.3. The summed E-state index contributed by atoms with van der Waals surface area (Å²) in [5.41, 5.74) is 2.80. The zero-order valence-electron chi connectivity index (χ0n) is 9.32. The molecule has 0 fully saturated rings. The van der Waals surface area contributed by atoms with Gasteiger partial charge in [-0.25, -0.2) is 4.79 Å². The van der Waals surface area contributed by atoms with Gasteiger partial charge in [0.25, 0.3) is 0 Å². The molecule has 2 rings (SSSR count). The van der Waals surface area contributed by atoms with E-state index in [1.165, 1.54) is 6.07 Å². The number of hydrogen-bond donors (Lipinski definition) is 1. The topological polar surface area (TPSA) is 63.3 Å². The minimum atomic E-state index is -1.09. The van der Waals surface area contributed by atoms with E-state index in [-0.39, 0.29) is 5.69 Å². The molecule has 1 aromatic carbocycles. The van der Waals surface area contributed by atoms with Crippen molar-refractivity contribution in [3.8, 4) is 11.3 Å². The first kappa shape index (κ1) is 11.9. The summed E-state index contributed by atoms with van der Waals surface area (Å²) in [6.45, 7) is 3.88. The molecule has 0 amide bonds. The minimum absolute atomic E-state index is 0.0845. The first-order chi connectivity index (χ1) is 8.00. The molecule has 17 heavy (non-hydrogen) atoms. The highest BCUT2D eigenvalue weighted by atomic mass is 79.9. The van der Waals surface area contributed by atoms with Crippen LogP contribution >= 0.6 is 15.9 Å². The summed E-state index contributed by atoms with van der Waals surface area (Å²) >= 11 is 3.43. The van der Waals surface area contributed by atoms with Gasteiger partial charge in [-0.1, -0.05) is 27.2 Å². The van der Waals surface area contributed by atoms with Gasteiger partial charge in [-0.2, -0.15) is 0 Å². The lowest BCUT2D eigenvalue weighted by molar-refractivity contribution is 0.0686. The van der Waals surface area contributed by atoms with Gasteiger partial charge in [0.05, 0.1) is 0 Å². The molecule has 0 saturated heterocycles. The molecule has 88 valence electrons. The summed E-state index contributed by atoms with van der Waals surface area (Å²) in [6.07, 6.45) is 0. The highest BCUT2D eigenvalue weighted by Gasteiger charge is 2.16. The van der Waals surface area contributed by atoms with Gasteiger partial charge in [-0.15, -0.1) is 0 Å². The van der Waals surface area contributed by atoms with Gasteiger partial charge in [0.2, 0.25) is 0 Å². The van der Waals surface area contributed by atoms with Gasteiger partial charge < -0.3 is 9.63 Å². The zero-order chi connectivity index (χ0) is 12.6. The average molecular weight is 296 g/mol. The van der Waals surface area contributed by atoms with Crippen molar-refractivity contribution in [2.75, 3.05) is 0 Å². The fourth-order valence-corrected chi connectivity index (χ4v) is 2.03. The Balaban J connectivity index is 2.60. The van der Waals surface area contributed by atoms with Crippen LogP contribution in [0, 0.1) is 13.8 Å². The Hall–Kier alpha value is -1.62. The number of aromatic nitrogens is 1. The number of carboxylic acid groups (broad SMARTS) is 1. The fraction of sp³-hybridized carbons (Fsp3) is 0.167. The molecule has 0 spiro atoms. The van der Waals surface area contributed by atoms with Crippen molar-refractivity contribution < 1.29 is 14.4 Å². The van der Waals surface area contributed by atoms with Gasteiger partial charge in [0.15, 0.2) is 11.5 Å². The second-order valence-electron chi connectivity index (χ2n) is 3.75. The number of aromatic carboxylic acids is 1. The third-order valence-electron chi connectivity index (χ3n) is 2.58. The molecule has 0 saturated carbocycles. The van der Waals surface area contributed by atoms with Crippen LogP contribution in [-0.4, -0.2) is 16.2 Å². The Labute approximate surface area is 106 Å². The van der Waals surface area contributed by atoms with E-state index in [1.807, 2.05) is 26.0 Å². The molecule has 0 aliphatic rings. The van der Waals surface area contributed by atoms with E-state index in [0.29, 0.717) is 5.76 Å². The van der Waals surface area contributed by atoms with E-state index in [1.54, 1.807) is 0 Å². The molecule has 5 heteroatoms. The van der Waals surface area contributed by atoms with E-state index < -0.39 is 5.97 Å². The molecule has 0 atom stereocenters. The maximum absolute atomic E-state index is 10.8. The first-order valence-corrected chi connectivity index (χ1v) is 5.76. The predicted molar refractivity (Wildman–Crippen MR) is 66.1 cm³/mol. The predicted octanol–water partition coefficient (Wildman–Crippen LogP) is 3.42. The molecule has 0 unspecified atom stereocenters. The number of halogens is 1. The van der Waals surface area contributed by atoms with Crippen molar-refractivity contribution in [3.63, 3.8) is 0 Å². The van der Waals surface area contributed by atoms with Crippen LogP contribution in [-0.2, 0) is 0 Å². The molecule has 0 radical (unpaired) electrons. The second-order valence-corrected chi connectivity index (χ2v) is 4.60. The van der Waals surface area contributed by atoms with Crippen molar-refractivity contribution in [2.45, 2.75) is 13.8 Å². The summed E-state index contributed by atoms with van der Waals surface area (Å²) in [5.74, 6) is -0.621. The standard InChI is InChI=1S/C12H10BrNO3/c1-6-3-4-8(13)7(2)11(6)10-5-9(12(15)16)14-17-10/h3-5H,1-2H3,(H,15,16). The monoisotopic (exact) mass is 295 g/mol. The van der Waals surface area contributed by atoms with Crippen LogP contribution in [0.25, 0.3) is 11.3 Å². The lowest BCUT2D eigenvalue weighted by atomic mass is 10.0. The van der Waals surface area contributed by atoms with Crippen LogP contribution in [0.5, 0.6) is 0 Å². The highest BCUT2D eigenvalue weighted by molar-refractivity contribution is 9.10. The van der Waals surface area contributed by atoms with Crippen LogP contribution < -0.4 is 0 Å². The van der Waals surface area contributed by atoms with Gasteiger partial charge in [-0.3, -0.25) is 0 Å². The smallest absolute Gasteiger partial charge is 0.358 e. The average Bonchev–Trinajstić information content (AvgIpc) is 2.73. The minimum Gasteiger partial charge on any atom is -0.476 e. The van der Waals surface area contributed by atoms with E-state index in [9.17, 15) is 4.79 Å². The van der Waals surface area contributed by atoms with Crippen molar-refractivity contribution >= 4 is 21.9 Å². The Morgan fingerprint density at radius 1 is 1.41 bits per heavy atom. The van der Waals surface area contributed by atoms with E-state index in [2.05, 4.69) is 21.1 Å². The van der Waals surface area contributed by atoms with Crippen LogP contribution in [0.15, 0.2) is 27.2 Å². The number of nitrogens with zero attached hydrogens (tertiary/aromatic N) is 1. The molecule has 2 aromatic rings. The van der Waals surface area contributed by atoms with Crippen LogP contribution in [0.1, 0.15) is 21.6 Å². The molecule has 1 aromatic heterocycles. The Kier molecular flexibility index (Phi) is 3.02. The normalized spacial score (nSPS) is 10.5. The summed E-state index contributed by atoms with van der Waals surface area (Å²) < 4.78 is 6.03. The Bertz CT molecular complexity index is 589. The molecule has 0 aliphatic carbocycles. The van der Waals surface area contributed by atoms with Crippen LogP contribution in [0.4, 0.5) is 0 Å². The van der Waals surface area contributed by atoms with Gasteiger partial charge in [0.1, 0.15) is 0 Å². The van der Waals surface area contributed by atoms with Gasteiger partial charge in [-0.05, 0) is 31.0 Å². The number of aryl methyl sites for hydroxylation is 1.